The molecule has 0 aliphatic rings. The molecule has 0 radical (unpaired) electrons. The van der Waals surface area contributed by atoms with E-state index in [0.29, 0.717) is 19.1 Å². The van der Waals surface area contributed by atoms with Gasteiger partial charge in [-0.25, -0.2) is 0 Å². The molecule has 0 aliphatic heterocycles. The van der Waals surface area contributed by atoms with Crippen LogP contribution in [0.4, 0.5) is 5.69 Å². The van der Waals surface area contributed by atoms with Crippen molar-refractivity contribution in [2.75, 3.05) is 24.2 Å². The molecule has 0 saturated heterocycles. The quantitative estimate of drug-likeness (QED) is 0.767. The Bertz CT molecular complexity index is 413. The van der Waals surface area contributed by atoms with E-state index in [-0.39, 0.29) is 23.6 Å². The van der Waals surface area contributed by atoms with Gasteiger partial charge in [0.1, 0.15) is 12.4 Å². The lowest BCUT2D eigenvalue weighted by Crippen LogP contribution is -2.29. The third-order valence-corrected chi connectivity index (χ3v) is 4.17. The Balaban J connectivity index is 0.00000400. The molecule has 3 N–H and O–H groups in total. The van der Waals surface area contributed by atoms with Crippen molar-refractivity contribution in [3.8, 4) is 5.75 Å². The van der Waals surface area contributed by atoms with Crippen LogP contribution in [0.5, 0.6) is 5.75 Å². The normalized spacial score (nSPS) is 11.7. The summed E-state index contributed by atoms with van der Waals surface area (Å²) < 4.78 is 5.40. The number of nitrogens with two attached hydrogens (primary N) is 1. The molecule has 4 nitrogen and oxygen atoms in total. The van der Waals surface area contributed by atoms with Crippen LogP contribution in [0, 0.1) is 5.92 Å². The monoisotopic (exact) mass is 332 g/mol. The smallest absolute Gasteiger partial charge is 0.237 e. The van der Waals surface area contributed by atoms with Crippen molar-refractivity contribution in [1.82, 2.24) is 0 Å². The topological polar surface area (TPSA) is 64.3 Å². The van der Waals surface area contributed by atoms with Crippen molar-refractivity contribution in [2.45, 2.75) is 26.0 Å². The number of benzene rings is 1. The molecule has 1 amide bonds. The maximum absolute atomic E-state index is 12.2. The number of halogens is 1. The summed E-state index contributed by atoms with van der Waals surface area (Å²) in [4.78, 5) is 12.2. The lowest BCUT2D eigenvalue weighted by atomic mass is 10.1. The highest BCUT2D eigenvalue weighted by Gasteiger charge is 2.21. The van der Waals surface area contributed by atoms with Gasteiger partial charge in [0.15, 0.2) is 0 Å². The minimum absolute atomic E-state index is 0. The van der Waals surface area contributed by atoms with Gasteiger partial charge in [-0.3, -0.25) is 4.79 Å². The van der Waals surface area contributed by atoms with Gasteiger partial charge in [0, 0.05) is 12.2 Å². The van der Waals surface area contributed by atoms with E-state index in [1.165, 1.54) is 0 Å². The maximum Gasteiger partial charge on any atom is 0.237 e. The van der Waals surface area contributed by atoms with E-state index in [0.717, 1.165) is 17.2 Å². The van der Waals surface area contributed by atoms with Crippen LogP contribution in [0.3, 0.4) is 0 Å². The number of rotatable bonds is 8. The molecule has 1 rings (SSSR count). The summed E-state index contributed by atoms with van der Waals surface area (Å²) in [5, 5.41) is 2.93. The number of ether oxygens (including phenoxy) is 1. The van der Waals surface area contributed by atoms with Crippen molar-refractivity contribution in [1.29, 1.82) is 0 Å². The standard InChI is InChI=1S/C15H24N2O2S.ClH/c1-4-20-14(11(2)3)15(18)17-12-5-7-13(8-6-12)19-10-9-16;/h5-8,11,14H,4,9-10,16H2,1-3H3,(H,17,18);1H. The average Bonchev–Trinajstić information content (AvgIpc) is 2.43. The van der Waals surface area contributed by atoms with Gasteiger partial charge in [-0.15, -0.1) is 24.2 Å². The second kappa shape index (κ2) is 10.8. The number of hydrogen-bond acceptors (Lipinski definition) is 4. The van der Waals surface area contributed by atoms with Crippen LogP contribution in [-0.2, 0) is 4.79 Å². The highest BCUT2D eigenvalue weighted by Crippen LogP contribution is 2.22. The molecular weight excluding hydrogens is 308 g/mol. The molecule has 21 heavy (non-hydrogen) atoms. The highest BCUT2D eigenvalue weighted by atomic mass is 35.5. The Morgan fingerprint density at radius 3 is 2.43 bits per heavy atom. The summed E-state index contributed by atoms with van der Waals surface area (Å²) in [7, 11) is 0. The zero-order chi connectivity index (χ0) is 15.0. The average molecular weight is 333 g/mol. The second-order valence-electron chi connectivity index (χ2n) is 4.77. The van der Waals surface area contributed by atoms with Crippen LogP contribution >= 0.6 is 24.2 Å². The molecule has 0 fully saturated rings. The molecule has 120 valence electrons. The Labute approximate surface area is 137 Å². The van der Waals surface area contributed by atoms with Gasteiger partial charge in [0.25, 0.3) is 0 Å². The molecule has 0 spiro atoms. The summed E-state index contributed by atoms with van der Waals surface area (Å²) in [5.41, 5.74) is 6.17. The molecule has 0 aliphatic carbocycles. The van der Waals surface area contributed by atoms with Gasteiger partial charge >= 0.3 is 0 Å². The fourth-order valence-electron chi connectivity index (χ4n) is 1.78. The van der Waals surface area contributed by atoms with Crippen molar-refractivity contribution >= 4 is 35.8 Å². The van der Waals surface area contributed by atoms with Crippen LogP contribution in [-0.4, -0.2) is 30.1 Å². The lowest BCUT2D eigenvalue weighted by Gasteiger charge is -2.19. The molecule has 1 aromatic rings. The van der Waals surface area contributed by atoms with E-state index in [9.17, 15) is 4.79 Å². The molecule has 0 heterocycles. The summed E-state index contributed by atoms with van der Waals surface area (Å²) in [5.74, 6) is 2.06. The molecule has 1 aromatic carbocycles. The third kappa shape index (κ3) is 7.07. The SMILES string of the molecule is CCSC(C(=O)Nc1ccc(OCCN)cc1)C(C)C.Cl. The van der Waals surface area contributed by atoms with Crippen molar-refractivity contribution < 1.29 is 9.53 Å². The highest BCUT2D eigenvalue weighted by molar-refractivity contribution is 8.00. The third-order valence-electron chi connectivity index (χ3n) is 2.72. The van der Waals surface area contributed by atoms with Gasteiger partial charge in [-0.05, 0) is 35.9 Å². The van der Waals surface area contributed by atoms with E-state index >= 15 is 0 Å². The van der Waals surface area contributed by atoms with E-state index in [1.54, 1.807) is 11.8 Å². The van der Waals surface area contributed by atoms with Crippen LogP contribution in [0.2, 0.25) is 0 Å². The molecule has 0 bridgehead atoms. The van der Waals surface area contributed by atoms with Crippen LogP contribution in [0.25, 0.3) is 0 Å². The van der Waals surface area contributed by atoms with Crippen molar-refractivity contribution in [3.63, 3.8) is 0 Å². The number of anilines is 1. The van der Waals surface area contributed by atoms with E-state index in [4.69, 9.17) is 10.5 Å². The minimum Gasteiger partial charge on any atom is -0.492 e. The molecule has 0 saturated carbocycles. The first-order chi connectivity index (χ1) is 9.58. The van der Waals surface area contributed by atoms with Gasteiger partial charge in [-0.2, -0.15) is 0 Å². The van der Waals surface area contributed by atoms with E-state index in [2.05, 4.69) is 26.1 Å². The lowest BCUT2D eigenvalue weighted by molar-refractivity contribution is -0.116. The first kappa shape index (κ1) is 20.1. The number of thioether (sulfide) groups is 1. The number of amides is 1. The molecule has 0 aromatic heterocycles. The Morgan fingerprint density at radius 1 is 1.33 bits per heavy atom. The predicted octanol–water partition coefficient (Wildman–Crippen LogP) is 3.16. The van der Waals surface area contributed by atoms with Crippen LogP contribution in [0.1, 0.15) is 20.8 Å². The van der Waals surface area contributed by atoms with Crippen molar-refractivity contribution in [2.24, 2.45) is 11.7 Å². The number of nitrogens with one attached hydrogen (secondary N) is 1. The Hall–Kier alpha value is -0.910. The summed E-state index contributed by atoms with van der Waals surface area (Å²) >= 11 is 1.68. The Kier molecular flexibility index (Phi) is 10.3. The van der Waals surface area contributed by atoms with E-state index < -0.39 is 0 Å². The van der Waals surface area contributed by atoms with Gasteiger partial charge in [0.2, 0.25) is 5.91 Å². The van der Waals surface area contributed by atoms with Crippen molar-refractivity contribution in [3.05, 3.63) is 24.3 Å². The second-order valence-corrected chi connectivity index (χ2v) is 6.19. The number of carbonyl (C=O) groups excluding carboxylic acids is 1. The zero-order valence-electron chi connectivity index (χ0n) is 12.8. The maximum atomic E-state index is 12.2. The van der Waals surface area contributed by atoms with Crippen LogP contribution < -0.4 is 15.8 Å². The number of hydrogen-bond donors (Lipinski definition) is 2. The largest absolute Gasteiger partial charge is 0.492 e. The molecule has 6 heteroatoms. The summed E-state index contributed by atoms with van der Waals surface area (Å²) in [6.45, 7) is 7.18. The predicted molar refractivity (Wildman–Crippen MR) is 93.6 cm³/mol. The number of carbonyl (C=O) groups is 1. The van der Waals surface area contributed by atoms with Gasteiger partial charge in [-0.1, -0.05) is 20.8 Å². The minimum atomic E-state index is -0.0202. The molecule has 1 atom stereocenters. The summed E-state index contributed by atoms with van der Waals surface area (Å²) in [6.07, 6.45) is 0. The first-order valence-electron chi connectivity index (χ1n) is 6.93. The first-order valence-corrected chi connectivity index (χ1v) is 7.98. The van der Waals surface area contributed by atoms with Gasteiger partial charge < -0.3 is 15.8 Å². The fraction of sp³-hybridized carbons (Fsp3) is 0.533. The molecule has 1 unspecified atom stereocenters. The van der Waals surface area contributed by atoms with Gasteiger partial charge in [0.05, 0.1) is 5.25 Å². The molecular formula is C15H25ClN2O2S. The Morgan fingerprint density at radius 2 is 1.95 bits per heavy atom. The summed E-state index contributed by atoms with van der Waals surface area (Å²) in [6, 6.07) is 7.36. The zero-order valence-corrected chi connectivity index (χ0v) is 14.4. The fourth-order valence-corrected chi connectivity index (χ4v) is 2.73. The van der Waals surface area contributed by atoms with E-state index in [1.807, 2.05) is 24.3 Å². The van der Waals surface area contributed by atoms with Crippen LogP contribution in [0.15, 0.2) is 24.3 Å².